The fourth-order valence-electron chi connectivity index (χ4n) is 5.58. The van der Waals surface area contributed by atoms with Crippen LogP contribution in [0.5, 0.6) is 5.75 Å². The number of carbonyl (C=O) groups is 3. The molecule has 0 unspecified atom stereocenters. The third kappa shape index (κ3) is 5.19. The molecule has 6 rings (SSSR count). The van der Waals surface area contributed by atoms with E-state index < -0.39 is 0 Å². The SMILES string of the molecule is Cn1cncc1C(=O)N1CCCNC(=O)[C@H]2CN(C(=O)c3cc4ccccc4s3)C[C@@H]2c2cccc(c2)OCC1. The van der Waals surface area contributed by atoms with E-state index in [1.54, 1.807) is 33.9 Å². The average Bonchev–Trinajstić information content (AvgIpc) is 3.71. The van der Waals surface area contributed by atoms with Crippen LogP contribution in [-0.2, 0) is 11.8 Å². The van der Waals surface area contributed by atoms with Gasteiger partial charge in [0.2, 0.25) is 5.91 Å². The molecule has 3 amide bonds. The molecule has 0 saturated carbocycles. The molecule has 2 aromatic heterocycles. The number of imidazole rings is 1. The molecule has 206 valence electrons. The highest BCUT2D eigenvalue weighted by atomic mass is 32.1. The van der Waals surface area contributed by atoms with Gasteiger partial charge in [0.05, 0.1) is 29.9 Å². The Morgan fingerprint density at radius 2 is 1.85 bits per heavy atom. The maximum Gasteiger partial charge on any atom is 0.272 e. The average molecular weight is 558 g/mol. The summed E-state index contributed by atoms with van der Waals surface area (Å²) < 4.78 is 8.85. The van der Waals surface area contributed by atoms with Crippen molar-refractivity contribution in [1.29, 1.82) is 0 Å². The van der Waals surface area contributed by atoms with Crippen molar-refractivity contribution in [3.8, 4) is 5.75 Å². The van der Waals surface area contributed by atoms with Crippen LogP contribution in [0.1, 0.15) is 38.1 Å². The zero-order valence-electron chi connectivity index (χ0n) is 22.3. The van der Waals surface area contributed by atoms with Gasteiger partial charge in [0.1, 0.15) is 18.1 Å². The Morgan fingerprint density at radius 3 is 2.67 bits per heavy atom. The Bertz CT molecular complexity index is 1530. The number of amides is 3. The summed E-state index contributed by atoms with van der Waals surface area (Å²) in [5.74, 6) is -0.102. The molecule has 0 radical (unpaired) electrons. The first-order chi connectivity index (χ1) is 19.5. The zero-order chi connectivity index (χ0) is 27.6. The Morgan fingerprint density at radius 1 is 1.00 bits per heavy atom. The van der Waals surface area contributed by atoms with Crippen LogP contribution in [-0.4, -0.2) is 76.4 Å². The first-order valence-electron chi connectivity index (χ1n) is 13.5. The van der Waals surface area contributed by atoms with Crippen LogP contribution in [0.25, 0.3) is 10.1 Å². The standard InChI is InChI=1S/C30H31N5O4S/c1-33-19-31-16-25(33)29(37)34-11-5-10-32-28(36)24-18-35(30(38)27-15-21-6-2-3-9-26(21)40-27)17-23(24)20-7-4-8-22(14-20)39-13-12-34/h2-4,6-9,14-16,19,23-24H,5,10-13,17-18H2,1H3,(H,32,36)/t23-,24+/m1/s1. The normalized spacial score (nSPS) is 20.0. The van der Waals surface area contributed by atoms with Crippen LogP contribution in [0.2, 0.25) is 0 Å². The van der Waals surface area contributed by atoms with Gasteiger partial charge in [0, 0.05) is 43.8 Å². The molecule has 2 aliphatic heterocycles. The highest BCUT2D eigenvalue weighted by Crippen LogP contribution is 2.36. The van der Waals surface area contributed by atoms with Crippen molar-refractivity contribution in [3.63, 3.8) is 0 Å². The molecule has 4 aromatic rings. The Hall–Kier alpha value is -4.18. The number of ether oxygens (including phenoxy) is 1. The fourth-order valence-corrected chi connectivity index (χ4v) is 6.61. The van der Waals surface area contributed by atoms with Gasteiger partial charge in [-0.2, -0.15) is 0 Å². The first-order valence-corrected chi connectivity index (χ1v) is 14.3. The second-order valence-electron chi connectivity index (χ2n) is 10.3. The van der Waals surface area contributed by atoms with E-state index in [1.807, 2.05) is 54.6 Å². The number of aromatic nitrogens is 2. The molecule has 10 heteroatoms. The van der Waals surface area contributed by atoms with Gasteiger partial charge in [-0.3, -0.25) is 14.4 Å². The van der Waals surface area contributed by atoms with Crippen LogP contribution in [0.3, 0.4) is 0 Å². The molecule has 1 fully saturated rings. The molecule has 0 aliphatic carbocycles. The van der Waals surface area contributed by atoms with E-state index in [2.05, 4.69) is 10.3 Å². The maximum absolute atomic E-state index is 13.6. The lowest BCUT2D eigenvalue weighted by Gasteiger charge is -2.24. The number of thiophene rings is 1. The smallest absolute Gasteiger partial charge is 0.272 e. The van der Waals surface area contributed by atoms with E-state index in [0.29, 0.717) is 62.1 Å². The van der Waals surface area contributed by atoms with Crippen LogP contribution in [0.15, 0.2) is 67.1 Å². The molecule has 2 bridgehead atoms. The summed E-state index contributed by atoms with van der Waals surface area (Å²) in [6.07, 6.45) is 3.76. The highest BCUT2D eigenvalue weighted by Gasteiger charge is 2.41. The van der Waals surface area contributed by atoms with Gasteiger partial charge in [-0.05, 0) is 41.6 Å². The van der Waals surface area contributed by atoms with Crippen LogP contribution >= 0.6 is 11.3 Å². The van der Waals surface area contributed by atoms with E-state index in [9.17, 15) is 14.4 Å². The van der Waals surface area contributed by atoms with E-state index in [-0.39, 0.29) is 29.6 Å². The second-order valence-corrected chi connectivity index (χ2v) is 11.4. The number of likely N-dealkylation sites (tertiary alicyclic amines) is 1. The van der Waals surface area contributed by atoms with Crippen molar-refractivity contribution in [2.75, 3.05) is 39.3 Å². The van der Waals surface area contributed by atoms with Crippen LogP contribution in [0.4, 0.5) is 0 Å². The lowest BCUT2D eigenvalue weighted by atomic mass is 9.88. The summed E-state index contributed by atoms with van der Waals surface area (Å²) >= 11 is 1.48. The lowest BCUT2D eigenvalue weighted by Crippen LogP contribution is -2.39. The molecule has 9 nitrogen and oxygen atoms in total. The predicted octanol–water partition coefficient (Wildman–Crippen LogP) is 3.53. The molecule has 2 atom stereocenters. The van der Waals surface area contributed by atoms with Crippen molar-refractivity contribution in [3.05, 3.63) is 83.3 Å². The molecular weight excluding hydrogens is 526 g/mol. The molecule has 1 saturated heterocycles. The zero-order valence-corrected chi connectivity index (χ0v) is 23.1. The topological polar surface area (TPSA) is 96.8 Å². The van der Waals surface area contributed by atoms with E-state index in [1.165, 1.54) is 11.3 Å². The van der Waals surface area contributed by atoms with E-state index >= 15 is 0 Å². The van der Waals surface area contributed by atoms with Gasteiger partial charge in [-0.15, -0.1) is 11.3 Å². The minimum absolute atomic E-state index is 0.0452. The van der Waals surface area contributed by atoms with Crippen molar-refractivity contribution in [1.82, 2.24) is 24.7 Å². The summed E-state index contributed by atoms with van der Waals surface area (Å²) in [4.78, 5) is 48.5. The highest BCUT2D eigenvalue weighted by molar-refractivity contribution is 7.20. The number of benzene rings is 2. The monoisotopic (exact) mass is 557 g/mol. The Kier molecular flexibility index (Phi) is 7.25. The Balaban J connectivity index is 1.23. The second kappa shape index (κ2) is 11.1. The summed E-state index contributed by atoms with van der Waals surface area (Å²) in [6, 6.07) is 17.7. The van der Waals surface area contributed by atoms with Crippen LogP contribution in [0, 0.1) is 5.92 Å². The number of hydrogen-bond donors (Lipinski definition) is 1. The summed E-state index contributed by atoms with van der Waals surface area (Å²) in [6.45, 7) is 2.46. The van der Waals surface area contributed by atoms with E-state index in [0.717, 1.165) is 15.6 Å². The van der Waals surface area contributed by atoms with Gasteiger partial charge < -0.3 is 24.4 Å². The van der Waals surface area contributed by atoms with Gasteiger partial charge in [-0.1, -0.05) is 30.3 Å². The van der Waals surface area contributed by atoms with Crippen molar-refractivity contribution < 1.29 is 19.1 Å². The van der Waals surface area contributed by atoms with Gasteiger partial charge in [0.15, 0.2) is 0 Å². The van der Waals surface area contributed by atoms with Gasteiger partial charge in [0.25, 0.3) is 11.8 Å². The molecule has 4 heterocycles. The predicted molar refractivity (Wildman–Crippen MR) is 153 cm³/mol. The number of nitrogens with zero attached hydrogens (tertiary/aromatic N) is 4. The third-order valence-corrected chi connectivity index (χ3v) is 8.83. The third-order valence-electron chi connectivity index (χ3n) is 7.72. The minimum atomic E-state index is -0.385. The number of fused-ring (bicyclic) bond motifs is 5. The number of carbonyl (C=O) groups excluding carboxylic acids is 3. The number of rotatable bonds is 2. The lowest BCUT2D eigenvalue weighted by molar-refractivity contribution is -0.124. The number of nitrogens with one attached hydrogen (secondary N) is 1. The van der Waals surface area contributed by atoms with Crippen molar-refractivity contribution in [2.24, 2.45) is 13.0 Å². The fraction of sp³-hybridized carbons (Fsp3) is 0.333. The van der Waals surface area contributed by atoms with E-state index in [4.69, 9.17) is 4.74 Å². The molecule has 2 aliphatic rings. The summed E-state index contributed by atoms with van der Waals surface area (Å²) in [5.41, 5.74) is 1.47. The molecule has 1 N–H and O–H groups in total. The van der Waals surface area contributed by atoms with Gasteiger partial charge in [-0.25, -0.2) is 4.98 Å². The number of aryl methyl sites for hydroxylation is 1. The maximum atomic E-state index is 13.6. The largest absolute Gasteiger partial charge is 0.492 e. The molecule has 2 aromatic carbocycles. The molecule has 40 heavy (non-hydrogen) atoms. The first kappa shape index (κ1) is 26.1. The summed E-state index contributed by atoms with van der Waals surface area (Å²) in [5, 5.41) is 4.13. The van der Waals surface area contributed by atoms with Gasteiger partial charge >= 0.3 is 0 Å². The number of hydrogen-bond acceptors (Lipinski definition) is 6. The molecular formula is C30H31N5O4S. The van der Waals surface area contributed by atoms with Crippen LogP contribution < -0.4 is 10.1 Å². The quantitative estimate of drug-likeness (QED) is 0.407. The molecule has 0 spiro atoms. The minimum Gasteiger partial charge on any atom is -0.492 e. The Labute approximate surface area is 236 Å². The van der Waals surface area contributed by atoms with Crippen molar-refractivity contribution >= 4 is 39.1 Å². The summed E-state index contributed by atoms with van der Waals surface area (Å²) in [7, 11) is 1.79. The van der Waals surface area contributed by atoms with Crippen molar-refractivity contribution in [2.45, 2.75) is 12.3 Å².